The van der Waals surface area contributed by atoms with Gasteiger partial charge in [-0.1, -0.05) is 25.0 Å². The highest BCUT2D eigenvalue weighted by Crippen LogP contribution is 2.36. The first-order valence-electron chi connectivity index (χ1n) is 8.33. The second-order valence-electron chi connectivity index (χ2n) is 6.69. The Labute approximate surface area is 131 Å². The third-order valence-electron chi connectivity index (χ3n) is 5.16. The number of rotatable bonds is 4. The molecule has 2 amide bonds. The highest BCUT2D eigenvalue weighted by molar-refractivity contribution is 5.94. The van der Waals surface area contributed by atoms with Crippen molar-refractivity contribution < 1.29 is 9.59 Å². The van der Waals surface area contributed by atoms with E-state index in [-0.39, 0.29) is 23.8 Å². The molecule has 3 rings (SSSR count). The minimum atomic E-state index is -0.246. The largest absolute Gasteiger partial charge is 0.369 e. The van der Waals surface area contributed by atoms with E-state index in [0.29, 0.717) is 17.9 Å². The zero-order valence-electron chi connectivity index (χ0n) is 12.9. The fourth-order valence-electron chi connectivity index (χ4n) is 3.50. The third kappa shape index (κ3) is 3.32. The summed E-state index contributed by atoms with van der Waals surface area (Å²) in [5.74, 6) is 0.297. The first-order chi connectivity index (χ1) is 10.6. The summed E-state index contributed by atoms with van der Waals surface area (Å²) in [4.78, 5) is 23.6. The molecule has 0 aromatic heterocycles. The van der Waals surface area contributed by atoms with Gasteiger partial charge in [0.2, 0.25) is 5.91 Å². The van der Waals surface area contributed by atoms with E-state index in [1.54, 1.807) is 0 Å². The number of benzene rings is 1. The van der Waals surface area contributed by atoms with Crippen LogP contribution in [0.25, 0.3) is 0 Å². The van der Waals surface area contributed by atoms with Gasteiger partial charge in [-0.3, -0.25) is 9.59 Å². The molecule has 0 bridgehead atoms. The van der Waals surface area contributed by atoms with Crippen LogP contribution in [0.2, 0.25) is 0 Å². The van der Waals surface area contributed by atoms with Crippen molar-refractivity contribution in [3.8, 4) is 0 Å². The van der Waals surface area contributed by atoms with Crippen molar-refractivity contribution in [3.05, 3.63) is 35.4 Å². The van der Waals surface area contributed by atoms with Crippen LogP contribution in [0.5, 0.6) is 0 Å². The lowest BCUT2D eigenvalue weighted by atomic mass is 9.80. The fraction of sp³-hybridized carbons (Fsp3) is 0.556. The van der Waals surface area contributed by atoms with Crippen LogP contribution in [-0.4, -0.2) is 17.9 Å². The maximum Gasteiger partial charge on any atom is 0.251 e. The molecule has 0 heterocycles. The second kappa shape index (κ2) is 6.51. The molecule has 2 fully saturated rings. The van der Waals surface area contributed by atoms with Gasteiger partial charge < -0.3 is 11.1 Å². The van der Waals surface area contributed by atoms with E-state index in [0.717, 1.165) is 19.3 Å². The molecule has 0 radical (unpaired) electrons. The second-order valence-corrected chi connectivity index (χ2v) is 6.69. The Bertz CT molecular complexity index is 549. The molecule has 0 saturated heterocycles. The van der Waals surface area contributed by atoms with Gasteiger partial charge in [0.1, 0.15) is 0 Å². The van der Waals surface area contributed by atoms with Crippen molar-refractivity contribution >= 4 is 11.8 Å². The Kier molecular flexibility index (Phi) is 4.46. The van der Waals surface area contributed by atoms with E-state index < -0.39 is 0 Å². The molecule has 3 N–H and O–H groups in total. The van der Waals surface area contributed by atoms with E-state index >= 15 is 0 Å². The predicted octanol–water partition coefficient (Wildman–Crippen LogP) is 2.73. The van der Waals surface area contributed by atoms with Crippen molar-refractivity contribution in [2.75, 3.05) is 0 Å². The highest BCUT2D eigenvalue weighted by atomic mass is 16.2. The van der Waals surface area contributed by atoms with E-state index in [9.17, 15) is 9.59 Å². The summed E-state index contributed by atoms with van der Waals surface area (Å²) in [6, 6.07) is 8.04. The molecule has 22 heavy (non-hydrogen) atoms. The topological polar surface area (TPSA) is 72.2 Å². The van der Waals surface area contributed by atoms with Crippen LogP contribution in [0, 0.1) is 5.92 Å². The zero-order valence-corrected chi connectivity index (χ0v) is 12.9. The molecule has 118 valence electrons. The van der Waals surface area contributed by atoms with Crippen LogP contribution in [0.4, 0.5) is 0 Å². The molecule has 2 atom stereocenters. The molecule has 1 aromatic carbocycles. The van der Waals surface area contributed by atoms with Gasteiger partial charge in [0.05, 0.1) is 0 Å². The quantitative estimate of drug-likeness (QED) is 0.897. The number of nitrogens with two attached hydrogens (primary N) is 1. The first kappa shape index (κ1) is 15.1. The standard InChI is InChI=1S/C18H24N2O2/c19-17(21)15-5-2-6-16(11-15)20-18(22)14-9-7-13(8-10-14)12-3-1-4-12/h7-10,12,15-16H,1-6,11H2,(H2,19,21)(H,20,22)/t15-,16+/m1/s1. The van der Waals surface area contributed by atoms with Gasteiger partial charge in [-0.25, -0.2) is 0 Å². The van der Waals surface area contributed by atoms with Gasteiger partial charge in [-0.2, -0.15) is 0 Å². The number of amides is 2. The number of nitrogens with one attached hydrogen (secondary N) is 1. The van der Waals surface area contributed by atoms with Gasteiger partial charge in [0.25, 0.3) is 5.91 Å². The lowest BCUT2D eigenvalue weighted by Gasteiger charge is -2.28. The fourth-order valence-corrected chi connectivity index (χ4v) is 3.50. The van der Waals surface area contributed by atoms with E-state index in [1.165, 1.54) is 24.8 Å². The summed E-state index contributed by atoms with van der Waals surface area (Å²) in [6.07, 6.45) is 7.23. The molecular formula is C18H24N2O2. The summed E-state index contributed by atoms with van der Waals surface area (Å²) >= 11 is 0. The minimum absolute atomic E-state index is 0.0460. The lowest BCUT2D eigenvalue weighted by molar-refractivity contribution is -0.122. The van der Waals surface area contributed by atoms with E-state index in [1.807, 2.05) is 12.1 Å². The van der Waals surface area contributed by atoms with Gasteiger partial charge in [-0.15, -0.1) is 0 Å². The van der Waals surface area contributed by atoms with E-state index in [2.05, 4.69) is 17.4 Å². The van der Waals surface area contributed by atoms with Crippen LogP contribution in [-0.2, 0) is 4.79 Å². The normalized spacial score (nSPS) is 25.3. The molecule has 2 aliphatic rings. The summed E-state index contributed by atoms with van der Waals surface area (Å²) in [6.45, 7) is 0. The third-order valence-corrected chi connectivity index (χ3v) is 5.16. The lowest BCUT2D eigenvalue weighted by Crippen LogP contribution is -2.41. The van der Waals surface area contributed by atoms with Crippen molar-refractivity contribution in [2.45, 2.75) is 56.9 Å². The van der Waals surface area contributed by atoms with Crippen molar-refractivity contribution in [2.24, 2.45) is 11.7 Å². The Balaban J connectivity index is 1.58. The predicted molar refractivity (Wildman–Crippen MR) is 85.4 cm³/mol. The smallest absolute Gasteiger partial charge is 0.251 e. The number of hydrogen-bond acceptors (Lipinski definition) is 2. The Morgan fingerprint density at radius 3 is 2.27 bits per heavy atom. The Hall–Kier alpha value is -1.84. The summed E-state index contributed by atoms with van der Waals surface area (Å²) in [5, 5.41) is 3.05. The molecule has 4 heteroatoms. The number of primary amides is 1. The molecule has 0 aliphatic heterocycles. The number of carbonyl (C=O) groups excluding carboxylic acids is 2. The molecular weight excluding hydrogens is 276 g/mol. The minimum Gasteiger partial charge on any atom is -0.369 e. The van der Waals surface area contributed by atoms with Crippen molar-refractivity contribution in [1.29, 1.82) is 0 Å². The van der Waals surface area contributed by atoms with Crippen LogP contribution >= 0.6 is 0 Å². The van der Waals surface area contributed by atoms with Crippen LogP contribution in [0.1, 0.15) is 66.8 Å². The first-order valence-corrected chi connectivity index (χ1v) is 8.33. The molecule has 2 aliphatic carbocycles. The maximum absolute atomic E-state index is 12.3. The Morgan fingerprint density at radius 1 is 1.00 bits per heavy atom. The van der Waals surface area contributed by atoms with Crippen LogP contribution in [0.15, 0.2) is 24.3 Å². The maximum atomic E-state index is 12.3. The SMILES string of the molecule is NC(=O)[C@@H]1CCC[C@H](NC(=O)c2ccc(C3CCC3)cc2)C1. The van der Waals surface area contributed by atoms with Crippen LogP contribution in [0.3, 0.4) is 0 Å². The van der Waals surface area contributed by atoms with Gasteiger partial charge in [0.15, 0.2) is 0 Å². The monoisotopic (exact) mass is 300 g/mol. The summed E-state index contributed by atoms with van der Waals surface area (Å²) < 4.78 is 0. The number of hydrogen-bond donors (Lipinski definition) is 2. The van der Waals surface area contributed by atoms with Crippen molar-refractivity contribution in [3.63, 3.8) is 0 Å². The Morgan fingerprint density at radius 2 is 1.68 bits per heavy atom. The van der Waals surface area contributed by atoms with E-state index in [4.69, 9.17) is 5.73 Å². The molecule has 2 saturated carbocycles. The molecule has 1 aromatic rings. The summed E-state index contributed by atoms with van der Waals surface area (Å²) in [5.41, 5.74) is 7.42. The zero-order chi connectivity index (χ0) is 15.5. The average Bonchev–Trinajstić information content (AvgIpc) is 2.46. The highest BCUT2D eigenvalue weighted by Gasteiger charge is 2.27. The molecule has 4 nitrogen and oxygen atoms in total. The van der Waals surface area contributed by atoms with Gasteiger partial charge in [-0.05, 0) is 55.7 Å². The van der Waals surface area contributed by atoms with Gasteiger partial charge in [0, 0.05) is 17.5 Å². The van der Waals surface area contributed by atoms with Gasteiger partial charge >= 0.3 is 0 Å². The van der Waals surface area contributed by atoms with Crippen molar-refractivity contribution in [1.82, 2.24) is 5.32 Å². The number of carbonyl (C=O) groups is 2. The summed E-state index contributed by atoms with van der Waals surface area (Å²) in [7, 11) is 0. The average molecular weight is 300 g/mol. The van der Waals surface area contributed by atoms with Crippen LogP contribution < -0.4 is 11.1 Å². The molecule has 0 unspecified atom stereocenters. The molecule has 0 spiro atoms.